The van der Waals surface area contributed by atoms with Crippen molar-refractivity contribution in [1.29, 1.82) is 0 Å². The fourth-order valence-electron chi connectivity index (χ4n) is 1.68. The molecule has 0 aliphatic carbocycles. The van der Waals surface area contributed by atoms with Crippen LogP contribution in [0.1, 0.15) is 17.2 Å². The Bertz CT molecular complexity index is 511. The molecule has 0 radical (unpaired) electrons. The molecule has 0 saturated carbocycles. The Morgan fingerprint density at radius 1 is 1.06 bits per heavy atom. The standard InChI is InChI=1S/C14H13BrO2/c1-17-13-7-3-5-11(9-13)14(16)10-4-2-6-12(15)8-10/h2-9,14,16H,1H3. The first-order valence-corrected chi connectivity index (χ1v) is 6.07. The van der Waals surface area contributed by atoms with Gasteiger partial charge in [0.1, 0.15) is 11.9 Å². The van der Waals surface area contributed by atoms with Crippen molar-refractivity contribution in [3.05, 3.63) is 64.1 Å². The Kier molecular flexibility index (Phi) is 3.82. The largest absolute Gasteiger partial charge is 0.497 e. The van der Waals surface area contributed by atoms with Gasteiger partial charge in [0.15, 0.2) is 0 Å². The number of benzene rings is 2. The highest BCUT2D eigenvalue weighted by molar-refractivity contribution is 9.10. The average molecular weight is 293 g/mol. The molecule has 0 amide bonds. The smallest absolute Gasteiger partial charge is 0.119 e. The molecule has 2 nitrogen and oxygen atoms in total. The predicted octanol–water partition coefficient (Wildman–Crippen LogP) is 3.54. The number of hydrogen-bond donors (Lipinski definition) is 1. The fraction of sp³-hybridized carbons (Fsp3) is 0.143. The molecule has 0 aromatic heterocycles. The third-order valence-electron chi connectivity index (χ3n) is 2.57. The Balaban J connectivity index is 2.33. The summed E-state index contributed by atoms with van der Waals surface area (Å²) in [5.41, 5.74) is 1.68. The van der Waals surface area contributed by atoms with Crippen LogP contribution < -0.4 is 4.74 Å². The number of ether oxygens (including phenoxy) is 1. The summed E-state index contributed by atoms with van der Waals surface area (Å²) in [6.07, 6.45) is -0.636. The van der Waals surface area contributed by atoms with Crippen LogP contribution in [0.15, 0.2) is 53.0 Å². The van der Waals surface area contributed by atoms with Gasteiger partial charge in [-0.05, 0) is 35.4 Å². The molecule has 88 valence electrons. The topological polar surface area (TPSA) is 29.5 Å². The first-order valence-electron chi connectivity index (χ1n) is 5.28. The Morgan fingerprint density at radius 2 is 1.71 bits per heavy atom. The number of halogens is 1. The lowest BCUT2D eigenvalue weighted by molar-refractivity contribution is 0.219. The third kappa shape index (κ3) is 2.87. The molecule has 0 aliphatic heterocycles. The van der Waals surface area contributed by atoms with Crippen LogP contribution in [0, 0.1) is 0 Å². The van der Waals surface area contributed by atoms with Crippen LogP contribution in [0.25, 0.3) is 0 Å². The van der Waals surface area contributed by atoms with Gasteiger partial charge in [0.25, 0.3) is 0 Å². The molecule has 0 bridgehead atoms. The molecular weight excluding hydrogens is 280 g/mol. The summed E-state index contributed by atoms with van der Waals surface area (Å²) in [6.45, 7) is 0. The highest BCUT2D eigenvalue weighted by Gasteiger charge is 2.11. The number of aliphatic hydroxyl groups excluding tert-OH is 1. The van der Waals surface area contributed by atoms with E-state index in [1.54, 1.807) is 7.11 Å². The van der Waals surface area contributed by atoms with Crippen molar-refractivity contribution >= 4 is 15.9 Å². The lowest BCUT2D eigenvalue weighted by Gasteiger charge is -2.12. The minimum absolute atomic E-state index is 0.636. The quantitative estimate of drug-likeness (QED) is 0.938. The molecule has 1 N–H and O–H groups in total. The molecule has 1 atom stereocenters. The second kappa shape index (κ2) is 5.34. The molecule has 2 aromatic rings. The van der Waals surface area contributed by atoms with Gasteiger partial charge < -0.3 is 9.84 Å². The molecule has 2 aromatic carbocycles. The number of methoxy groups -OCH3 is 1. The van der Waals surface area contributed by atoms with E-state index in [1.807, 2.05) is 48.5 Å². The summed E-state index contributed by atoms with van der Waals surface area (Å²) >= 11 is 3.40. The van der Waals surface area contributed by atoms with Gasteiger partial charge in [-0.2, -0.15) is 0 Å². The van der Waals surface area contributed by atoms with E-state index in [4.69, 9.17) is 4.74 Å². The van der Waals surface area contributed by atoms with Gasteiger partial charge >= 0.3 is 0 Å². The van der Waals surface area contributed by atoms with E-state index in [0.29, 0.717) is 0 Å². The van der Waals surface area contributed by atoms with E-state index in [-0.39, 0.29) is 0 Å². The van der Waals surface area contributed by atoms with Crippen LogP contribution in [0.4, 0.5) is 0 Å². The number of aliphatic hydroxyl groups is 1. The van der Waals surface area contributed by atoms with Crippen LogP contribution in [0.5, 0.6) is 5.75 Å². The number of hydrogen-bond acceptors (Lipinski definition) is 2. The minimum atomic E-state index is -0.636. The molecule has 0 saturated heterocycles. The third-order valence-corrected chi connectivity index (χ3v) is 3.07. The first-order chi connectivity index (χ1) is 8.20. The van der Waals surface area contributed by atoms with Crippen molar-refractivity contribution in [2.45, 2.75) is 6.10 Å². The zero-order valence-electron chi connectivity index (χ0n) is 9.43. The van der Waals surface area contributed by atoms with Crippen molar-refractivity contribution < 1.29 is 9.84 Å². The van der Waals surface area contributed by atoms with Gasteiger partial charge in [-0.15, -0.1) is 0 Å². The fourth-order valence-corrected chi connectivity index (χ4v) is 2.10. The molecule has 3 heteroatoms. The minimum Gasteiger partial charge on any atom is -0.497 e. The van der Waals surface area contributed by atoms with Crippen LogP contribution in [-0.2, 0) is 0 Å². The second-order valence-corrected chi connectivity index (χ2v) is 4.65. The van der Waals surface area contributed by atoms with E-state index in [2.05, 4.69) is 15.9 Å². The predicted molar refractivity (Wildman–Crippen MR) is 71.2 cm³/mol. The van der Waals surface area contributed by atoms with Gasteiger partial charge in [-0.1, -0.05) is 40.2 Å². The molecule has 1 unspecified atom stereocenters. The summed E-state index contributed by atoms with van der Waals surface area (Å²) in [5.74, 6) is 0.747. The van der Waals surface area contributed by atoms with E-state index in [0.717, 1.165) is 21.3 Å². The summed E-state index contributed by atoms with van der Waals surface area (Å²) in [7, 11) is 1.62. The van der Waals surface area contributed by atoms with E-state index < -0.39 is 6.10 Å². The zero-order valence-corrected chi connectivity index (χ0v) is 11.0. The van der Waals surface area contributed by atoms with Crippen LogP contribution in [0.2, 0.25) is 0 Å². The Labute approximate surface area is 109 Å². The van der Waals surface area contributed by atoms with Crippen molar-refractivity contribution in [2.75, 3.05) is 7.11 Å². The van der Waals surface area contributed by atoms with Crippen LogP contribution in [-0.4, -0.2) is 12.2 Å². The van der Waals surface area contributed by atoms with Gasteiger partial charge in [0, 0.05) is 4.47 Å². The lowest BCUT2D eigenvalue weighted by Crippen LogP contribution is -1.99. The number of rotatable bonds is 3. The SMILES string of the molecule is COc1cccc(C(O)c2cccc(Br)c2)c1. The molecule has 0 spiro atoms. The second-order valence-electron chi connectivity index (χ2n) is 3.73. The van der Waals surface area contributed by atoms with Crippen molar-refractivity contribution in [1.82, 2.24) is 0 Å². The maximum atomic E-state index is 10.3. The molecule has 0 fully saturated rings. The first kappa shape index (κ1) is 12.1. The van der Waals surface area contributed by atoms with Gasteiger partial charge in [-0.3, -0.25) is 0 Å². The molecule has 0 aliphatic rings. The lowest BCUT2D eigenvalue weighted by atomic mass is 10.0. The highest BCUT2D eigenvalue weighted by atomic mass is 79.9. The molecular formula is C14H13BrO2. The Morgan fingerprint density at radius 3 is 2.35 bits per heavy atom. The maximum Gasteiger partial charge on any atom is 0.119 e. The van der Waals surface area contributed by atoms with Crippen molar-refractivity contribution in [3.8, 4) is 5.75 Å². The zero-order chi connectivity index (χ0) is 12.3. The summed E-state index contributed by atoms with van der Waals surface area (Å²) < 4.78 is 6.10. The maximum absolute atomic E-state index is 10.3. The van der Waals surface area contributed by atoms with Gasteiger partial charge in [0.2, 0.25) is 0 Å². The average Bonchev–Trinajstić information content (AvgIpc) is 2.38. The summed E-state index contributed by atoms with van der Waals surface area (Å²) in [6, 6.07) is 15.1. The molecule has 2 rings (SSSR count). The van der Waals surface area contributed by atoms with Crippen molar-refractivity contribution in [3.63, 3.8) is 0 Å². The summed E-state index contributed by atoms with van der Waals surface area (Å²) in [4.78, 5) is 0. The Hall–Kier alpha value is -1.32. The monoisotopic (exact) mass is 292 g/mol. The van der Waals surface area contributed by atoms with Gasteiger partial charge in [0.05, 0.1) is 7.11 Å². The van der Waals surface area contributed by atoms with Crippen molar-refractivity contribution in [2.24, 2.45) is 0 Å². The summed E-state index contributed by atoms with van der Waals surface area (Å²) in [5, 5.41) is 10.3. The molecule has 17 heavy (non-hydrogen) atoms. The molecule has 0 heterocycles. The highest BCUT2D eigenvalue weighted by Crippen LogP contribution is 2.26. The normalized spacial score (nSPS) is 12.2. The van der Waals surface area contributed by atoms with E-state index in [1.165, 1.54) is 0 Å². The van der Waals surface area contributed by atoms with E-state index >= 15 is 0 Å². The van der Waals surface area contributed by atoms with Crippen LogP contribution in [0.3, 0.4) is 0 Å². The van der Waals surface area contributed by atoms with Crippen LogP contribution >= 0.6 is 15.9 Å². The van der Waals surface area contributed by atoms with Gasteiger partial charge in [-0.25, -0.2) is 0 Å². The van der Waals surface area contributed by atoms with E-state index in [9.17, 15) is 5.11 Å².